The lowest BCUT2D eigenvalue weighted by atomic mass is 10.2. The second-order valence-electron chi connectivity index (χ2n) is 7.42. The molecule has 2 aromatic carbocycles. The first-order valence-electron chi connectivity index (χ1n) is 9.41. The molecule has 8 heteroatoms. The number of sulfonamides is 1. The molecular weight excluding hydrogens is 404 g/mol. The Morgan fingerprint density at radius 1 is 1.10 bits per heavy atom. The second-order valence-corrected chi connectivity index (χ2v) is 9.94. The van der Waals surface area contributed by atoms with E-state index in [9.17, 15) is 8.42 Å². The fourth-order valence-electron chi connectivity index (χ4n) is 3.71. The average molecular weight is 429 g/mol. The fourth-order valence-corrected chi connectivity index (χ4v) is 4.87. The van der Waals surface area contributed by atoms with Gasteiger partial charge >= 0.3 is 0 Å². The van der Waals surface area contributed by atoms with Crippen molar-refractivity contribution in [3.05, 3.63) is 65.1 Å². The number of aromatic nitrogens is 2. The van der Waals surface area contributed by atoms with Gasteiger partial charge in [0, 0.05) is 39.6 Å². The van der Waals surface area contributed by atoms with E-state index in [4.69, 9.17) is 12.2 Å². The molecule has 1 aliphatic rings. The molecule has 0 fully saturated rings. The van der Waals surface area contributed by atoms with E-state index in [0.717, 1.165) is 40.2 Å². The van der Waals surface area contributed by atoms with E-state index in [1.807, 2.05) is 35.9 Å². The fraction of sp³-hybridized carbons (Fsp3) is 0.286. The number of fused-ring (bicyclic) bond motifs is 1. The molecular formula is C21H24N4O2S2. The molecule has 0 radical (unpaired) electrons. The summed E-state index contributed by atoms with van der Waals surface area (Å²) in [7, 11) is 1.66. The van der Waals surface area contributed by atoms with Crippen LogP contribution in [0.1, 0.15) is 5.56 Å². The summed E-state index contributed by atoms with van der Waals surface area (Å²) in [6.45, 7) is 1.46. The monoisotopic (exact) mass is 428 g/mol. The van der Waals surface area contributed by atoms with Crippen molar-refractivity contribution < 1.29 is 8.42 Å². The molecule has 6 nitrogen and oxygen atoms in total. The van der Waals surface area contributed by atoms with E-state index in [1.54, 1.807) is 26.2 Å². The molecule has 3 aromatic rings. The number of rotatable bonds is 5. The number of hydrogen-bond acceptors (Lipinski definition) is 4. The van der Waals surface area contributed by atoms with Crippen LogP contribution in [0, 0.1) is 4.77 Å². The first-order chi connectivity index (χ1) is 13.8. The summed E-state index contributed by atoms with van der Waals surface area (Å²) in [6.07, 6.45) is 2.90. The van der Waals surface area contributed by atoms with Crippen molar-refractivity contribution in [1.29, 1.82) is 0 Å². The molecule has 4 rings (SSSR count). The summed E-state index contributed by atoms with van der Waals surface area (Å²) in [6, 6.07) is 15.6. The van der Waals surface area contributed by atoms with Gasteiger partial charge in [-0.15, -0.1) is 0 Å². The summed E-state index contributed by atoms with van der Waals surface area (Å²) < 4.78 is 30.9. The Bertz CT molecular complexity index is 1210. The van der Waals surface area contributed by atoms with E-state index >= 15 is 0 Å². The van der Waals surface area contributed by atoms with Crippen LogP contribution in [0.2, 0.25) is 0 Å². The highest BCUT2D eigenvalue weighted by molar-refractivity contribution is 7.89. The lowest BCUT2D eigenvalue weighted by Crippen LogP contribution is -2.24. The molecule has 0 amide bonds. The SMILES string of the molecule is CN(C)S(=O)(=O)c1ccc2c(c1)CCN2Cn1cc(-c2ccccc2)n(C)c1=S. The Balaban J connectivity index is 1.63. The Morgan fingerprint density at radius 2 is 1.83 bits per heavy atom. The predicted molar refractivity (Wildman–Crippen MR) is 118 cm³/mol. The number of anilines is 1. The van der Waals surface area contributed by atoms with Crippen LogP contribution >= 0.6 is 12.2 Å². The van der Waals surface area contributed by atoms with Gasteiger partial charge in [-0.05, 0) is 48.0 Å². The Kier molecular flexibility index (Phi) is 5.10. The molecule has 152 valence electrons. The quantitative estimate of drug-likeness (QED) is 0.584. The van der Waals surface area contributed by atoms with E-state index in [2.05, 4.69) is 27.8 Å². The Labute approximate surface area is 176 Å². The molecule has 0 bridgehead atoms. The maximum Gasteiger partial charge on any atom is 0.242 e. The van der Waals surface area contributed by atoms with Crippen molar-refractivity contribution in [1.82, 2.24) is 13.4 Å². The largest absolute Gasteiger partial charge is 0.353 e. The van der Waals surface area contributed by atoms with Crippen LogP contribution in [0.25, 0.3) is 11.3 Å². The molecule has 0 spiro atoms. The van der Waals surface area contributed by atoms with Crippen molar-refractivity contribution >= 4 is 27.9 Å². The number of hydrogen-bond donors (Lipinski definition) is 0. The number of benzene rings is 2. The van der Waals surface area contributed by atoms with Crippen molar-refractivity contribution in [2.24, 2.45) is 7.05 Å². The van der Waals surface area contributed by atoms with Crippen LogP contribution in [0.15, 0.2) is 59.6 Å². The van der Waals surface area contributed by atoms with Crippen LogP contribution in [0.4, 0.5) is 5.69 Å². The van der Waals surface area contributed by atoms with Gasteiger partial charge in [0.1, 0.15) is 0 Å². The van der Waals surface area contributed by atoms with Gasteiger partial charge in [-0.3, -0.25) is 0 Å². The lowest BCUT2D eigenvalue weighted by Gasteiger charge is -2.20. The van der Waals surface area contributed by atoms with Gasteiger partial charge < -0.3 is 14.0 Å². The van der Waals surface area contributed by atoms with Gasteiger partial charge in [-0.25, -0.2) is 12.7 Å². The van der Waals surface area contributed by atoms with Crippen molar-refractivity contribution in [2.75, 3.05) is 25.5 Å². The van der Waals surface area contributed by atoms with Gasteiger partial charge in [0.05, 0.1) is 17.3 Å². The number of imidazole rings is 1. The summed E-state index contributed by atoms with van der Waals surface area (Å²) in [5.74, 6) is 0. The molecule has 0 saturated heterocycles. The lowest BCUT2D eigenvalue weighted by molar-refractivity contribution is 0.520. The van der Waals surface area contributed by atoms with Crippen LogP contribution in [0.5, 0.6) is 0 Å². The van der Waals surface area contributed by atoms with Crippen molar-refractivity contribution in [2.45, 2.75) is 18.0 Å². The summed E-state index contributed by atoms with van der Waals surface area (Å²) >= 11 is 5.66. The topological polar surface area (TPSA) is 50.5 Å². The van der Waals surface area contributed by atoms with Crippen molar-refractivity contribution in [3.8, 4) is 11.3 Å². The van der Waals surface area contributed by atoms with Crippen molar-refractivity contribution in [3.63, 3.8) is 0 Å². The van der Waals surface area contributed by atoms with Gasteiger partial charge in [-0.2, -0.15) is 0 Å². The third-order valence-corrected chi connectivity index (χ3v) is 7.71. The first-order valence-corrected chi connectivity index (χ1v) is 11.3. The van der Waals surface area contributed by atoms with E-state index in [0.29, 0.717) is 11.6 Å². The third kappa shape index (κ3) is 3.52. The zero-order valence-electron chi connectivity index (χ0n) is 16.7. The maximum absolute atomic E-state index is 12.4. The molecule has 0 N–H and O–H groups in total. The van der Waals surface area contributed by atoms with E-state index in [-0.39, 0.29) is 0 Å². The highest BCUT2D eigenvalue weighted by Crippen LogP contribution is 2.31. The highest BCUT2D eigenvalue weighted by atomic mass is 32.2. The Hall–Kier alpha value is -2.42. The normalized spacial score (nSPS) is 13.9. The first kappa shape index (κ1) is 19.9. The van der Waals surface area contributed by atoms with Crippen LogP contribution < -0.4 is 4.90 Å². The van der Waals surface area contributed by atoms with E-state index < -0.39 is 10.0 Å². The standard InChI is InChI=1S/C21H24N4O2S2/c1-22(2)29(26,27)18-9-10-19-17(13-18)11-12-24(19)15-25-14-20(23(3)21(25)28)16-7-5-4-6-8-16/h4-10,13-14H,11-12,15H2,1-3H3. The molecule has 1 aromatic heterocycles. The molecule has 0 aliphatic carbocycles. The third-order valence-electron chi connectivity index (χ3n) is 5.39. The maximum atomic E-state index is 12.4. The van der Waals surface area contributed by atoms with Crippen LogP contribution in [-0.2, 0) is 30.2 Å². The zero-order chi connectivity index (χ0) is 20.8. The summed E-state index contributed by atoms with van der Waals surface area (Å²) in [4.78, 5) is 2.58. The minimum Gasteiger partial charge on any atom is -0.353 e. The second kappa shape index (κ2) is 7.44. The average Bonchev–Trinajstić information content (AvgIpc) is 3.24. The molecule has 1 aliphatic heterocycles. The van der Waals surface area contributed by atoms with Gasteiger partial charge in [0.2, 0.25) is 10.0 Å². The molecule has 0 unspecified atom stereocenters. The van der Waals surface area contributed by atoms with Gasteiger partial charge in [0.15, 0.2) is 4.77 Å². The molecule has 0 atom stereocenters. The minimum absolute atomic E-state index is 0.339. The zero-order valence-corrected chi connectivity index (χ0v) is 18.4. The summed E-state index contributed by atoms with van der Waals surface area (Å²) in [5, 5.41) is 0. The molecule has 29 heavy (non-hydrogen) atoms. The van der Waals surface area contributed by atoms with Crippen LogP contribution in [-0.4, -0.2) is 42.5 Å². The predicted octanol–water partition coefficient (Wildman–Crippen LogP) is 3.49. The summed E-state index contributed by atoms with van der Waals surface area (Å²) in [5.41, 5.74) is 4.32. The molecule has 0 saturated carbocycles. The highest BCUT2D eigenvalue weighted by Gasteiger charge is 2.24. The van der Waals surface area contributed by atoms with Gasteiger partial charge in [0.25, 0.3) is 0 Å². The smallest absolute Gasteiger partial charge is 0.242 e. The van der Waals surface area contributed by atoms with E-state index in [1.165, 1.54) is 4.31 Å². The Morgan fingerprint density at radius 3 is 2.52 bits per heavy atom. The van der Waals surface area contributed by atoms with Gasteiger partial charge in [-0.1, -0.05) is 30.3 Å². The minimum atomic E-state index is -3.42. The van der Waals surface area contributed by atoms with Crippen LogP contribution in [0.3, 0.4) is 0 Å². The number of nitrogens with zero attached hydrogens (tertiary/aromatic N) is 4. The molecule has 2 heterocycles.